The first-order chi connectivity index (χ1) is 13.3. The molecule has 0 fully saturated rings. The lowest BCUT2D eigenvalue weighted by Gasteiger charge is -2.31. The van der Waals surface area contributed by atoms with Crippen LogP contribution in [0.15, 0.2) is 59.9 Å². The van der Waals surface area contributed by atoms with Crippen molar-refractivity contribution in [3.05, 3.63) is 76.1 Å². The van der Waals surface area contributed by atoms with Crippen LogP contribution in [0.5, 0.6) is 0 Å². The third-order valence-corrected chi connectivity index (χ3v) is 4.82. The molecule has 0 aromatic heterocycles. The van der Waals surface area contributed by atoms with Crippen molar-refractivity contribution in [3.63, 3.8) is 0 Å². The zero-order chi connectivity index (χ0) is 20.3. The Morgan fingerprint density at radius 3 is 2.43 bits per heavy atom. The van der Waals surface area contributed by atoms with Gasteiger partial charge in [0.1, 0.15) is 0 Å². The van der Waals surface area contributed by atoms with Crippen LogP contribution in [-0.4, -0.2) is 23.9 Å². The van der Waals surface area contributed by atoms with Gasteiger partial charge in [0.25, 0.3) is 5.91 Å². The van der Waals surface area contributed by atoms with Crippen LogP contribution in [-0.2, 0) is 6.18 Å². The molecule has 28 heavy (non-hydrogen) atoms. The predicted molar refractivity (Wildman–Crippen MR) is 101 cm³/mol. The van der Waals surface area contributed by atoms with Gasteiger partial charge in [0, 0.05) is 24.4 Å². The van der Waals surface area contributed by atoms with Crippen molar-refractivity contribution in [3.8, 4) is 0 Å². The number of hydrazine groups is 1. The molecule has 0 aliphatic carbocycles. The fourth-order valence-corrected chi connectivity index (χ4v) is 3.30. The molecule has 0 radical (unpaired) electrons. The van der Waals surface area contributed by atoms with Crippen LogP contribution in [0.4, 0.5) is 18.9 Å². The van der Waals surface area contributed by atoms with Gasteiger partial charge < -0.3 is 15.6 Å². The van der Waals surface area contributed by atoms with E-state index in [1.165, 1.54) is 17.0 Å². The van der Waals surface area contributed by atoms with Crippen LogP contribution in [0.2, 0.25) is 5.02 Å². The molecule has 148 valence electrons. The van der Waals surface area contributed by atoms with Crippen LogP contribution in [0.1, 0.15) is 22.3 Å². The average Bonchev–Trinajstić information content (AvgIpc) is 2.68. The summed E-state index contributed by atoms with van der Waals surface area (Å²) in [6.07, 6.45) is -4.18. The molecule has 0 saturated carbocycles. The van der Waals surface area contributed by atoms with Gasteiger partial charge in [-0.25, -0.2) is 0 Å². The van der Waals surface area contributed by atoms with E-state index in [0.717, 1.165) is 17.5 Å². The fourth-order valence-electron chi connectivity index (χ4n) is 2.99. The maximum atomic E-state index is 13.1. The van der Waals surface area contributed by atoms with Crippen molar-refractivity contribution < 1.29 is 18.0 Å². The lowest BCUT2D eigenvalue weighted by molar-refractivity contribution is -0.137. The Balaban J connectivity index is 1.82. The van der Waals surface area contributed by atoms with Gasteiger partial charge in [-0.2, -0.15) is 13.2 Å². The summed E-state index contributed by atoms with van der Waals surface area (Å²) in [5.41, 5.74) is 3.61. The highest BCUT2D eigenvalue weighted by atomic mass is 35.5. The van der Waals surface area contributed by atoms with E-state index < -0.39 is 22.7 Å². The van der Waals surface area contributed by atoms with Crippen LogP contribution < -0.4 is 16.6 Å². The number of benzene rings is 2. The Morgan fingerprint density at radius 1 is 1.07 bits per heavy atom. The Bertz CT molecular complexity index is 900. The summed E-state index contributed by atoms with van der Waals surface area (Å²) in [7, 11) is 0. The molecule has 1 aliphatic rings. The van der Waals surface area contributed by atoms with E-state index >= 15 is 0 Å². The smallest absolute Gasteiger partial charge is 0.357 e. The Morgan fingerprint density at radius 2 is 1.79 bits per heavy atom. The summed E-state index contributed by atoms with van der Waals surface area (Å²) in [6.45, 7) is 0.433. The molecule has 9 heteroatoms. The van der Waals surface area contributed by atoms with Gasteiger partial charge in [0.05, 0.1) is 28.4 Å². The van der Waals surface area contributed by atoms with Gasteiger partial charge in [-0.1, -0.05) is 35.9 Å². The Kier molecular flexibility index (Phi) is 5.81. The van der Waals surface area contributed by atoms with Gasteiger partial charge >= 0.3 is 6.18 Å². The molecule has 2 aromatic carbocycles. The number of halogens is 4. The molecule has 0 unspecified atom stereocenters. The number of alkyl halides is 3. The van der Waals surface area contributed by atoms with E-state index in [1.54, 1.807) is 0 Å². The summed E-state index contributed by atoms with van der Waals surface area (Å²) < 4.78 is 39.2. The molecule has 0 spiro atoms. The second-order valence-corrected chi connectivity index (χ2v) is 6.61. The number of nitrogens with zero attached hydrogens (tertiary/aromatic N) is 1. The molecular formula is C19H18ClF3N4O. The number of carbonyl (C=O) groups is 1. The number of nitrogens with two attached hydrogens (primary N) is 1. The lowest BCUT2D eigenvalue weighted by atomic mass is 10.1. The summed E-state index contributed by atoms with van der Waals surface area (Å²) in [5.74, 6) is 5.02. The van der Waals surface area contributed by atoms with E-state index in [2.05, 4.69) is 10.7 Å². The van der Waals surface area contributed by atoms with Crippen molar-refractivity contribution in [2.24, 2.45) is 5.84 Å². The summed E-state index contributed by atoms with van der Waals surface area (Å²) >= 11 is 5.88. The molecule has 1 aliphatic heterocycles. The molecule has 0 atom stereocenters. The summed E-state index contributed by atoms with van der Waals surface area (Å²) in [6, 6.07) is 12.7. The summed E-state index contributed by atoms with van der Waals surface area (Å²) in [4.78, 5) is 14.2. The molecule has 1 amide bonds. The topological polar surface area (TPSA) is 70.4 Å². The minimum absolute atomic E-state index is 0.122. The third kappa shape index (κ3) is 4.23. The average molecular weight is 411 g/mol. The van der Waals surface area contributed by atoms with Gasteiger partial charge in [-0.3, -0.25) is 10.6 Å². The first-order valence-corrected chi connectivity index (χ1v) is 8.84. The van der Waals surface area contributed by atoms with E-state index in [4.69, 9.17) is 17.4 Å². The predicted octanol–water partition coefficient (Wildman–Crippen LogP) is 3.99. The van der Waals surface area contributed by atoms with Crippen LogP contribution in [0, 0.1) is 0 Å². The molecular weight excluding hydrogens is 393 g/mol. The van der Waals surface area contributed by atoms with E-state index in [1.807, 2.05) is 30.3 Å². The van der Waals surface area contributed by atoms with Crippen molar-refractivity contribution in [2.45, 2.75) is 12.6 Å². The van der Waals surface area contributed by atoms with Crippen LogP contribution >= 0.6 is 11.6 Å². The minimum atomic E-state index is -4.63. The van der Waals surface area contributed by atoms with Gasteiger partial charge in [-0.15, -0.1) is 0 Å². The highest BCUT2D eigenvalue weighted by molar-refractivity contribution is 6.34. The van der Waals surface area contributed by atoms with Gasteiger partial charge in [-0.05, 0) is 24.3 Å². The first-order valence-electron chi connectivity index (χ1n) is 8.47. The molecule has 2 aromatic rings. The monoisotopic (exact) mass is 410 g/mol. The molecule has 1 heterocycles. The number of anilines is 1. The van der Waals surface area contributed by atoms with E-state index in [-0.39, 0.29) is 12.1 Å². The van der Waals surface area contributed by atoms with E-state index in [0.29, 0.717) is 18.7 Å². The Labute approximate surface area is 164 Å². The van der Waals surface area contributed by atoms with Crippen molar-refractivity contribution >= 4 is 23.2 Å². The minimum Gasteiger partial charge on any atom is -0.357 e. The largest absolute Gasteiger partial charge is 0.417 e. The number of para-hydroxylation sites is 1. The van der Waals surface area contributed by atoms with Crippen molar-refractivity contribution in [1.82, 2.24) is 10.3 Å². The maximum Gasteiger partial charge on any atom is 0.417 e. The van der Waals surface area contributed by atoms with Crippen LogP contribution in [0.25, 0.3) is 0 Å². The SMILES string of the molecule is NNC1=C(Nc2ccccc2)CCN(C(=O)c2cccc(C(F)(F)F)c2Cl)C1. The number of nitrogens with one attached hydrogen (secondary N) is 2. The van der Waals surface area contributed by atoms with Crippen molar-refractivity contribution in [1.29, 1.82) is 0 Å². The third-order valence-electron chi connectivity index (χ3n) is 4.41. The highest BCUT2D eigenvalue weighted by Crippen LogP contribution is 2.36. The molecule has 0 bridgehead atoms. The lowest BCUT2D eigenvalue weighted by Crippen LogP contribution is -2.43. The summed E-state index contributed by atoms with van der Waals surface area (Å²) in [5, 5.41) is 2.65. The number of hydrogen-bond acceptors (Lipinski definition) is 4. The molecule has 3 rings (SSSR count). The first kappa shape index (κ1) is 20.0. The zero-order valence-corrected chi connectivity index (χ0v) is 15.4. The number of hydrogen-bond donors (Lipinski definition) is 3. The molecule has 4 N–H and O–H groups in total. The fraction of sp³-hybridized carbons (Fsp3) is 0.211. The second kappa shape index (κ2) is 8.12. The Hall–Kier alpha value is -2.71. The number of rotatable bonds is 4. The zero-order valence-electron chi connectivity index (χ0n) is 14.7. The normalized spacial score (nSPS) is 14.8. The number of amides is 1. The highest BCUT2D eigenvalue weighted by Gasteiger charge is 2.35. The van der Waals surface area contributed by atoms with Crippen molar-refractivity contribution in [2.75, 3.05) is 18.4 Å². The van der Waals surface area contributed by atoms with Gasteiger partial charge in [0.2, 0.25) is 0 Å². The number of carbonyl (C=O) groups excluding carboxylic acids is 1. The van der Waals surface area contributed by atoms with E-state index in [9.17, 15) is 18.0 Å². The second-order valence-electron chi connectivity index (χ2n) is 6.23. The maximum absolute atomic E-state index is 13.1. The molecule has 0 saturated heterocycles. The standard InChI is InChI=1S/C19H18ClF3N4O/c20-17-13(7-4-8-14(17)19(21,22)23)18(28)27-10-9-15(16(11-27)26-24)25-12-5-2-1-3-6-12/h1-8,25-26H,9-11,24H2. The molecule has 5 nitrogen and oxygen atoms in total. The van der Waals surface area contributed by atoms with Crippen LogP contribution in [0.3, 0.4) is 0 Å². The quantitative estimate of drug-likeness (QED) is 0.526. The van der Waals surface area contributed by atoms with Gasteiger partial charge in [0.15, 0.2) is 0 Å².